The molecule has 0 radical (unpaired) electrons. The largest absolute Gasteiger partial charge is 0.493 e. The number of hydrogen-bond acceptors (Lipinski definition) is 8. The average molecular weight is 527 g/mol. The van der Waals surface area contributed by atoms with Gasteiger partial charge in [0.15, 0.2) is 11.5 Å². The number of piperazine rings is 1. The van der Waals surface area contributed by atoms with Crippen molar-refractivity contribution in [2.45, 2.75) is 4.90 Å². The number of rotatable bonds is 6. The number of benzene rings is 2. The lowest BCUT2D eigenvalue weighted by atomic mass is 10.1. The first kappa shape index (κ1) is 25.2. The Morgan fingerprint density at radius 2 is 1.59 bits per heavy atom. The monoisotopic (exact) mass is 526 g/mol. The van der Waals surface area contributed by atoms with Crippen LogP contribution in [0.4, 0.5) is 5.82 Å². The van der Waals surface area contributed by atoms with Gasteiger partial charge in [0.1, 0.15) is 5.82 Å². The molecule has 2 aliphatic heterocycles. The van der Waals surface area contributed by atoms with Crippen LogP contribution in [-0.4, -0.2) is 95.2 Å². The molecule has 10 nitrogen and oxygen atoms in total. The second-order valence-electron chi connectivity index (χ2n) is 8.86. The third-order valence-corrected chi connectivity index (χ3v) is 8.68. The van der Waals surface area contributed by atoms with Gasteiger partial charge >= 0.3 is 0 Å². The summed E-state index contributed by atoms with van der Waals surface area (Å²) in [6.45, 7) is 3.63. The molecule has 0 bridgehead atoms. The number of methoxy groups -OCH3 is 2. The van der Waals surface area contributed by atoms with E-state index in [4.69, 9.17) is 19.2 Å². The number of nitrogens with zero attached hydrogens (tertiary/aromatic N) is 4. The van der Waals surface area contributed by atoms with Crippen LogP contribution in [0.3, 0.4) is 0 Å². The predicted molar refractivity (Wildman–Crippen MR) is 139 cm³/mol. The van der Waals surface area contributed by atoms with E-state index in [2.05, 4.69) is 0 Å². The quantitative estimate of drug-likeness (QED) is 0.482. The van der Waals surface area contributed by atoms with Gasteiger partial charge in [-0.25, -0.2) is 13.4 Å². The Kier molecular flexibility index (Phi) is 7.18. The zero-order valence-electron chi connectivity index (χ0n) is 20.9. The number of ether oxygens (including phenoxy) is 3. The van der Waals surface area contributed by atoms with Gasteiger partial charge in [-0.05, 0) is 24.3 Å². The molecule has 0 atom stereocenters. The normalized spacial score (nSPS) is 17.1. The number of morpholine rings is 1. The second-order valence-corrected chi connectivity index (χ2v) is 10.8. The van der Waals surface area contributed by atoms with Crippen molar-refractivity contribution in [1.82, 2.24) is 14.2 Å². The number of carbonyl (C=O) groups is 1. The Morgan fingerprint density at radius 3 is 2.30 bits per heavy atom. The highest BCUT2D eigenvalue weighted by molar-refractivity contribution is 7.89. The van der Waals surface area contributed by atoms with E-state index < -0.39 is 10.0 Å². The molecular weight excluding hydrogens is 496 g/mol. The Bertz CT molecular complexity index is 1400. The van der Waals surface area contributed by atoms with Crippen LogP contribution < -0.4 is 14.4 Å². The lowest BCUT2D eigenvalue weighted by Gasteiger charge is -2.35. The molecule has 0 aliphatic carbocycles. The summed E-state index contributed by atoms with van der Waals surface area (Å²) in [4.78, 5) is 22.2. The summed E-state index contributed by atoms with van der Waals surface area (Å²) >= 11 is 0. The zero-order valence-corrected chi connectivity index (χ0v) is 21.7. The van der Waals surface area contributed by atoms with Crippen LogP contribution in [0.2, 0.25) is 0 Å². The summed E-state index contributed by atoms with van der Waals surface area (Å²) in [6.07, 6.45) is 0. The highest BCUT2D eigenvalue weighted by Gasteiger charge is 2.30. The Morgan fingerprint density at radius 1 is 0.892 bits per heavy atom. The number of amides is 1. The zero-order chi connectivity index (χ0) is 26.0. The fourth-order valence-corrected chi connectivity index (χ4v) is 6.16. The highest BCUT2D eigenvalue weighted by Crippen LogP contribution is 2.31. The fraction of sp³-hybridized carbons (Fsp3) is 0.385. The van der Waals surface area contributed by atoms with Gasteiger partial charge in [-0.1, -0.05) is 18.2 Å². The molecule has 1 amide bonds. The van der Waals surface area contributed by atoms with Crippen molar-refractivity contribution in [3.05, 3.63) is 54.1 Å². The van der Waals surface area contributed by atoms with Crippen LogP contribution in [0, 0.1) is 0 Å². The first-order valence-electron chi connectivity index (χ1n) is 12.2. The maximum Gasteiger partial charge on any atom is 0.254 e. The molecular formula is C26H30N4O6S. The lowest BCUT2D eigenvalue weighted by molar-refractivity contribution is 0.0304. The molecule has 196 valence electrons. The van der Waals surface area contributed by atoms with Gasteiger partial charge in [0, 0.05) is 50.7 Å². The van der Waals surface area contributed by atoms with Gasteiger partial charge in [0.2, 0.25) is 10.0 Å². The Hall–Kier alpha value is -3.41. The van der Waals surface area contributed by atoms with Gasteiger partial charge in [-0.2, -0.15) is 4.31 Å². The van der Waals surface area contributed by atoms with Gasteiger partial charge in [-0.15, -0.1) is 0 Å². The van der Waals surface area contributed by atoms with Crippen molar-refractivity contribution in [1.29, 1.82) is 0 Å². The van der Waals surface area contributed by atoms with Crippen molar-refractivity contribution in [3.63, 3.8) is 0 Å². The number of anilines is 1. The van der Waals surface area contributed by atoms with E-state index in [0.717, 1.165) is 10.9 Å². The van der Waals surface area contributed by atoms with Gasteiger partial charge in [-0.3, -0.25) is 4.79 Å². The molecule has 11 heteroatoms. The molecule has 2 fully saturated rings. The van der Waals surface area contributed by atoms with E-state index in [0.29, 0.717) is 62.3 Å². The molecule has 0 spiro atoms. The second kappa shape index (κ2) is 10.5. The summed E-state index contributed by atoms with van der Waals surface area (Å²) in [6, 6.07) is 14.0. The maximum atomic E-state index is 13.4. The van der Waals surface area contributed by atoms with Crippen LogP contribution in [-0.2, 0) is 14.8 Å². The number of carbonyl (C=O) groups excluding carboxylic acids is 1. The Labute approximate surface area is 216 Å². The van der Waals surface area contributed by atoms with E-state index in [1.807, 2.05) is 40.1 Å². The number of sulfonamides is 1. The van der Waals surface area contributed by atoms with Gasteiger partial charge in [0.25, 0.3) is 5.91 Å². The van der Waals surface area contributed by atoms with Crippen molar-refractivity contribution in [3.8, 4) is 11.5 Å². The average Bonchev–Trinajstić information content (AvgIpc) is 2.96. The third kappa shape index (κ3) is 4.94. The molecule has 2 saturated heterocycles. The van der Waals surface area contributed by atoms with E-state index in [9.17, 15) is 13.2 Å². The molecule has 2 aromatic carbocycles. The van der Waals surface area contributed by atoms with Crippen LogP contribution in [0.15, 0.2) is 53.4 Å². The molecule has 37 heavy (non-hydrogen) atoms. The predicted octanol–water partition coefficient (Wildman–Crippen LogP) is 2.24. The topological polar surface area (TPSA) is 102 Å². The lowest BCUT2D eigenvalue weighted by Crippen LogP contribution is -2.49. The van der Waals surface area contributed by atoms with E-state index in [-0.39, 0.29) is 23.9 Å². The van der Waals surface area contributed by atoms with Crippen LogP contribution in [0.1, 0.15) is 10.4 Å². The molecule has 0 saturated carbocycles. The number of aromatic nitrogens is 1. The van der Waals surface area contributed by atoms with E-state index in [1.54, 1.807) is 6.07 Å². The van der Waals surface area contributed by atoms with Gasteiger partial charge in [0.05, 0.1) is 43.4 Å². The minimum absolute atomic E-state index is 0.0437. The van der Waals surface area contributed by atoms with E-state index >= 15 is 0 Å². The van der Waals surface area contributed by atoms with Gasteiger partial charge < -0.3 is 24.0 Å². The highest BCUT2D eigenvalue weighted by atomic mass is 32.2. The number of hydrogen-bond donors (Lipinski definition) is 0. The van der Waals surface area contributed by atoms with Crippen LogP contribution in [0.5, 0.6) is 11.5 Å². The van der Waals surface area contributed by atoms with Crippen molar-refractivity contribution in [2.75, 3.05) is 71.6 Å². The maximum absolute atomic E-state index is 13.4. The molecule has 3 heterocycles. The van der Waals surface area contributed by atoms with Crippen LogP contribution >= 0.6 is 0 Å². The summed E-state index contributed by atoms with van der Waals surface area (Å²) in [5.74, 6) is 1.45. The standard InChI is InChI=1S/C26H30N4O6S/c1-34-23-8-7-19(17-24(23)35-2)37(32,33)30-11-9-28(10-12-30)25-18-21(20-5-3-4-6-22(20)27-25)26(31)29-13-15-36-16-14-29/h3-8,17-18H,9-16H2,1-2H3. The van der Waals surface area contributed by atoms with Crippen molar-refractivity contribution < 1.29 is 27.4 Å². The van der Waals surface area contributed by atoms with Crippen molar-refractivity contribution in [2.24, 2.45) is 0 Å². The molecule has 0 N–H and O–H groups in total. The molecule has 5 rings (SSSR count). The first-order chi connectivity index (χ1) is 17.9. The first-order valence-corrected chi connectivity index (χ1v) is 13.6. The minimum Gasteiger partial charge on any atom is -0.493 e. The number of fused-ring (bicyclic) bond motifs is 1. The summed E-state index contributed by atoms with van der Waals surface area (Å²) in [7, 11) is -0.738. The molecule has 2 aliphatic rings. The van der Waals surface area contributed by atoms with E-state index in [1.165, 1.54) is 30.7 Å². The molecule has 1 aromatic heterocycles. The molecule has 0 unspecified atom stereocenters. The summed E-state index contributed by atoms with van der Waals surface area (Å²) < 4.78 is 44.0. The third-order valence-electron chi connectivity index (χ3n) is 6.79. The summed E-state index contributed by atoms with van der Waals surface area (Å²) in [5.41, 5.74) is 1.33. The molecule has 3 aromatic rings. The SMILES string of the molecule is COc1ccc(S(=O)(=O)N2CCN(c3cc(C(=O)N4CCOCC4)c4ccccc4n3)CC2)cc1OC. The number of pyridine rings is 1. The summed E-state index contributed by atoms with van der Waals surface area (Å²) in [5, 5.41) is 0.803. The van der Waals surface area contributed by atoms with Crippen molar-refractivity contribution >= 4 is 32.7 Å². The fourth-order valence-electron chi connectivity index (χ4n) is 4.72. The number of para-hydroxylation sites is 1. The smallest absolute Gasteiger partial charge is 0.254 e. The minimum atomic E-state index is -3.72. The Balaban J connectivity index is 1.37. The van der Waals surface area contributed by atoms with Crippen LogP contribution in [0.25, 0.3) is 10.9 Å².